The van der Waals surface area contributed by atoms with Gasteiger partial charge in [0.1, 0.15) is 12.5 Å². The lowest BCUT2D eigenvalue weighted by Crippen LogP contribution is -2.31. The molecule has 0 aliphatic carbocycles. The summed E-state index contributed by atoms with van der Waals surface area (Å²) in [6.07, 6.45) is -3.84. The third-order valence-electron chi connectivity index (χ3n) is 3.52. The van der Waals surface area contributed by atoms with Crippen molar-refractivity contribution in [1.82, 2.24) is 0 Å². The Labute approximate surface area is 150 Å². The second-order valence-corrected chi connectivity index (χ2v) is 5.58. The predicted octanol–water partition coefficient (Wildman–Crippen LogP) is 4.46. The number of aliphatic hydroxyl groups is 1. The Morgan fingerprint density at radius 3 is 2.23 bits per heavy atom. The zero-order valence-electron chi connectivity index (χ0n) is 14.0. The van der Waals surface area contributed by atoms with Crippen molar-refractivity contribution in [3.05, 3.63) is 77.9 Å². The van der Waals surface area contributed by atoms with Crippen LogP contribution in [0.25, 0.3) is 6.08 Å². The summed E-state index contributed by atoms with van der Waals surface area (Å²) in [4.78, 5) is 0. The van der Waals surface area contributed by atoms with Crippen LogP contribution in [0.3, 0.4) is 0 Å². The van der Waals surface area contributed by atoms with Gasteiger partial charge in [-0.25, -0.2) is 0 Å². The summed E-state index contributed by atoms with van der Waals surface area (Å²) in [5.41, 5.74) is 1.61. The maximum absolute atomic E-state index is 13.1. The van der Waals surface area contributed by atoms with Crippen molar-refractivity contribution in [3.8, 4) is 11.8 Å². The van der Waals surface area contributed by atoms with Gasteiger partial charge in [0.25, 0.3) is 0 Å². The molecule has 2 aromatic carbocycles. The molecule has 0 radical (unpaired) electrons. The van der Waals surface area contributed by atoms with Crippen molar-refractivity contribution >= 4 is 6.08 Å². The maximum Gasteiger partial charge on any atom is 0.405 e. The molecule has 0 aromatic heterocycles. The van der Waals surface area contributed by atoms with E-state index in [9.17, 15) is 18.3 Å². The fourth-order valence-electron chi connectivity index (χ4n) is 2.19. The van der Waals surface area contributed by atoms with Crippen LogP contribution in [0.4, 0.5) is 13.2 Å². The number of hydrogen-bond donors (Lipinski definition) is 1. The highest BCUT2D eigenvalue weighted by Gasteiger charge is 2.42. The van der Waals surface area contributed by atoms with Gasteiger partial charge in [0.05, 0.1) is 12.7 Å². The van der Waals surface area contributed by atoms with Crippen LogP contribution in [-0.4, -0.2) is 24.0 Å². The Kier molecular flexibility index (Phi) is 7.46. The van der Waals surface area contributed by atoms with Gasteiger partial charge in [-0.1, -0.05) is 84.7 Å². The fourth-order valence-corrected chi connectivity index (χ4v) is 2.19. The molecule has 0 bridgehead atoms. The minimum Gasteiger partial charge on any atom is -0.387 e. The van der Waals surface area contributed by atoms with Crippen LogP contribution in [0, 0.1) is 17.8 Å². The lowest BCUT2D eigenvalue weighted by molar-refractivity contribution is -0.175. The van der Waals surface area contributed by atoms with Gasteiger partial charge in [-0.15, -0.1) is 0 Å². The molecule has 0 saturated heterocycles. The Balaban J connectivity index is 1.94. The van der Waals surface area contributed by atoms with Gasteiger partial charge in [-0.3, -0.25) is 0 Å². The van der Waals surface area contributed by atoms with E-state index in [-0.39, 0.29) is 13.2 Å². The molecule has 0 amide bonds. The first-order chi connectivity index (χ1) is 12.5. The van der Waals surface area contributed by atoms with Crippen molar-refractivity contribution in [1.29, 1.82) is 0 Å². The highest BCUT2D eigenvalue weighted by molar-refractivity contribution is 5.49. The highest BCUT2D eigenvalue weighted by Crippen LogP contribution is 2.29. The third kappa shape index (κ3) is 6.75. The van der Waals surface area contributed by atoms with E-state index in [0.29, 0.717) is 5.56 Å². The van der Waals surface area contributed by atoms with E-state index in [1.165, 1.54) is 6.08 Å². The number of halogens is 3. The Morgan fingerprint density at radius 2 is 1.62 bits per heavy atom. The standard InChI is InChI=1S/C21H19F3O2/c22-21(23,24)19(20(25)14-13-17-8-3-1-4-9-17)12-7-15-26-16-18-10-5-2-6-11-18/h1-6,8-11,13-14,19-20,25H,15-16H2/b14-13+. The smallest absolute Gasteiger partial charge is 0.387 e. The topological polar surface area (TPSA) is 29.5 Å². The van der Waals surface area contributed by atoms with Crippen LogP contribution in [0.5, 0.6) is 0 Å². The molecular weight excluding hydrogens is 341 g/mol. The quantitative estimate of drug-likeness (QED) is 0.609. The molecule has 5 heteroatoms. The second kappa shape index (κ2) is 9.81. The predicted molar refractivity (Wildman–Crippen MR) is 94.9 cm³/mol. The average molecular weight is 360 g/mol. The van der Waals surface area contributed by atoms with Gasteiger partial charge in [-0.2, -0.15) is 13.2 Å². The largest absolute Gasteiger partial charge is 0.405 e. The molecule has 2 nitrogen and oxygen atoms in total. The van der Waals surface area contributed by atoms with Crippen LogP contribution >= 0.6 is 0 Å². The number of hydrogen-bond acceptors (Lipinski definition) is 2. The first-order valence-corrected chi connectivity index (χ1v) is 8.05. The summed E-state index contributed by atoms with van der Waals surface area (Å²) in [5.74, 6) is 2.27. The van der Waals surface area contributed by atoms with Crippen molar-refractivity contribution < 1.29 is 23.0 Å². The van der Waals surface area contributed by atoms with Gasteiger partial charge >= 0.3 is 6.18 Å². The molecule has 0 saturated carbocycles. The molecule has 0 spiro atoms. The summed E-state index contributed by atoms with van der Waals surface area (Å²) < 4.78 is 44.7. The van der Waals surface area contributed by atoms with E-state index < -0.39 is 18.2 Å². The van der Waals surface area contributed by atoms with Crippen LogP contribution < -0.4 is 0 Å². The molecular formula is C21H19F3O2. The molecule has 0 aliphatic heterocycles. The Morgan fingerprint density at radius 1 is 1.00 bits per heavy atom. The molecule has 2 rings (SSSR count). The van der Waals surface area contributed by atoms with Crippen molar-refractivity contribution in [2.24, 2.45) is 5.92 Å². The van der Waals surface area contributed by atoms with E-state index in [0.717, 1.165) is 11.6 Å². The molecule has 2 unspecified atom stereocenters. The number of alkyl halides is 3. The SMILES string of the molecule is OC(/C=C/c1ccccc1)C(C#CCOCc1ccccc1)C(F)(F)F. The summed E-state index contributed by atoms with van der Waals surface area (Å²) >= 11 is 0. The van der Waals surface area contributed by atoms with Crippen LogP contribution in [0.2, 0.25) is 0 Å². The lowest BCUT2D eigenvalue weighted by atomic mass is 10.0. The lowest BCUT2D eigenvalue weighted by Gasteiger charge is -2.18. The molecule has 0 aliphatic rings. The van der Waals surface area contributed by atoms with Gasteiger partial charge in [0.2, 0.25) is 0 Å². The molecule has 136 valence electrons. The molecule has 26 heavy (non-hydrogen) atoms. The second-order valence-electron chi connectivity index (χ2n) is 5.58. The van der Waals surface area contributed by atoms with Crippen LogP contribution in [-0.2, 0) is 11.3 Å². The van der Waals surface area contributed by atoms with Crippen molar-refractivity contribution in [3.63, 3.8) is 0 Å². The van der Waals surface area contributed by atoms with Crippen molar-refractivity contribution in [2.75, 3.05) is 6.61 Å². The average Bonchev–Trinajstić information content (AvgIpc) is 2.63. The van der Waals surface area contributed by atoms with E-state index in [1.807, 2.05) is 30.3 Å². The normalized spacial score (nSPS) is 13.8. The van der Waals surface area contributed by atoms with E-state index in [1.54, 1.807) is 30.3 Å². The van der Waals surface area contributed by atoms with E-state index in [4.69, 9.17) is 4.74 Å². The fraction of sp³-hybridized carbons (Fsp3) is 0.238. The summed E-state index contributed by atoms with van der Waals surface area (Å²) in [7, 11) is 0. The molecule has 1 N–H and O–H groups in total. The monoisotopic (exact) mass is 360 g/mol. The van der Waals surface area contributed by atoms with Gasteiger partial charge in [0, 0.05) is 0 Å². The first-order valence-electron chi connectivity index (χ1n) is 8.05. The van der Waals surface area contributed by atoms with Gasteiger partial charge < -0.3 is 9.84 Å². The number of ether oxygens (including phenoxy) is 1. The molecule has 2 aromatic rings. The highest BCUT2D eigenvalue weighted by atomic mass is 19.4. The van der Waals surface area contributed by atoms with Crippen molar-refractivity contribution in [2.45, 2.75) is 18.9 Å². The zero-order chi connectivity index (χ0) is 18.8. The molecule has 0 fully saturated rings. The summed E-state index contributed by atoms with van der Waals surface area (Å²) in [5, 5.41) is 9.89. The van der Waals surface area contributed by atoms with Crippen LogP contribution in [0.1, 0.15) is 11.1 Å². The Bertz CT molecular complexity index is 744. The minimum atomic E-state index is -4.63. The summed E-state index contributed by atoms with van der Waals surface area (Å²) in [6, 6.07) is 18.0. The Hall–Kier alpha value is -2.55. The van der Waals surface area contributed by atoms with Gasteiger partial charge in [-0.05, 0) is 11.1 Å². The molecule has 2 atom stereocenters. The number of benzene rings is 2. The minimum absolute atomic E-state index is 0.142. The number of aliphatic hydroxyl groups excluding tert-OH is 1. The van der Waals surface area contributed by atoms with E-state index >= 15 is 0 Å². The third-order valence-corrected chi connectivity index (χ3v) is 3.52. The zero-order valence-corrected chi connectivity index (χ0v) is 14.0. The van der Waals surface area contributed by atoms with E-state index in [2.05, 4.69) is 11.8 Å². The first kappa shape index (κ1) is 19.8. The maximum atomic E-state index is 13.1. The number of rotatable bonds is 6. The van der Waals surface area contributed by atoms with Crippen LogP contribution in [0.15, 0.2) is 66.7 Å². The summed E-state index contributed by atoms with van der Waals surface area (Å²) in [6.45, 7) is 0.124. The van der Waals surface area contributed by atoms with Gasteiger partial charge in [0.15, 0.2) is 0 Å². The molecule has 0 heterocycles.